The molecule has 4 heterocycles. The van der Waals surface area contributed by atoms with Gasteiger partial charge in [-0.1, -0.05) is 18.2 Å². The second-order valence-electron chi connectivity index (χ2n) is 10.2. The Morgan fingerprint density at radius 1 is 1.20 bits per heavy atom. The molecule has 2 N–H and O–H groups in total. The van der Waals surface area contributed by atoms with Gasteiger partial charge in [0.2, 0.25) is 5.95 Å². The summed E-state index contributed by atoms with van der Waals surface area (Å²) < 4.78 is 28.6. The third-order valence-electron chi connectivity index (χ3n) is 7.25. The molecule has 1 fully saturated rings. The van der Waals surface area contributed by atoms with E-state index >= 15 is 0 Å². The number of urea groups is 1. The Balaban J connectivity index is 1.45. The fourth-order valence-corrected chi connectivity index (χ4v) is 5.23. The average Bonchev–Trinajstić information content (AvgIpc) is 3.51. The Bertz CT molecular complexity index is 1580. The van der Waals surface area contributed by atoms with Crippen LogP contribution >= 0.6 is 0 Å². The maximum absolute atomic E-state index is 13.9. The molecule has 0 saturated carbocycles. The van der Waals surface area contributed by atoms with Gasteiger partial charge in [0, 0.05) is 49.8 Å². The molecule has 1 saturated heterocycles. The Morgan fingerprint density at radius 3 is 2.68 bits per heavy atom. The summed E-state index contributed by atoms with van der Waals surface area (Å²) in [4.78, 5) is 29.4. The molecular formula is C30H33FN6O4. The van der Waals surface area contributed by atoms with Crippen LogP contribution in [0.1, 0.15) is 35.6 Å². The number of hydrogen-bond acceptors (Lipinski definition) is 6. The first kappa shape index (κ1) is 28.2. The molecule has 2 amide bonds. The first-order valence-corrected chi connectivity index (χ1v) is 13.4. The second kappa shape index (κ2) is 12.0. The lowest BCUT2D eigenvalue weighted by Crippen LogP contribution is -2.40. The Kier molecular flexibility index (Phi) is 8.27. The van der Waals surface area contributed by atoms with Crippen molar-refractivity contribution < 1.29 is 18.7 Å². The number of halogens is 1. The molecule has 11 heteroatoms. The molecule has 1 aromatic carbocycles. The first-order chi connectivity index (χ1) is 19.7. The third kappa shape index (κ3) is 6.06. The van der Waals surface area contributed by atoms with E-state index in [0.29, 0.717) is 42.1 Å². The van der Waals surface area contributed by atoms with Crippen LogP contribution in [-0.4, -0.2) is 51.2 Å². The zero-order chi connectivity index (χ0) is 29.1. The summed E-state index contributed by atoms with van der Waals surface area (Å²) in [5, 5.41) is 10.9. The number of ether oxygens (including phenoxy) is 2. The molecule has 10 nitrogen and oxygen atoms in total. The van der Waals surface area contributed by atoms with Gasteiger partial charge in [0.1, 0.15) is 11.9 Å². The van der Waals surface area contributed by atoms with Crippen LogP contribution in [0.4, 0.5) is 15.0 Å². The number of para-hydroxylation sites is 1. The fourth-order valence-electron chi connectivity index (χ4n) is 5.23. The lowest BCUT2D eigenvalue weighted by atomic mass is 10.0. The number of hydrogen-bond donors (Lipinski definition) is 2. The monoisotopic (exact) mass is 560 g/mol. The molecular weight excluding hydrogens is 527 g/mol. The van der Waals surface area contributed by atoms with Gasteiger partial charge in [-0.25, -0.2) is 14.5 Å². The number of nitrogens with one attached hydrogen (secondary N) is 2. The van der Waals surface area contributed by atoms with E-state index in [-0.39, 0.29) is 11.7 Å². The number of amides is 2. The van der Waals surface area contributed by atoms with Gasteiger partial charge in [0.25, 0.3) is 5.56 Å². The van der Waals surface area contributed by atoms with Crippen LogP contribution < -0.4 is 16.2 Å². The van der Waals surface area contributed by atoms with Crippen LogP contribution in [0.5, 0.6) is 0 Å². The lowest BCUT2D eigenvalue weighted by molar-refractivity contribution is 0.0210. The minimum atomic E-state index is -0.613. The van der Waals surface area contributed by atoms with Gasteiger partial charge in [-0.3, -0.25) is 10.1 Å². The van der Waals surface area contributed by atoms with Gasteiger partial charge in [0.15, 0.2) is 0 Å². The SMILES string of the molecule is COCC[C@@H]1C[C@@H](NC(=O)Nc2c(C)c(-c3cc(C)c(=O)n(C)c3)nn2-c2ccccc2)[C@H](c2ccnc(F)c2)O1. The van der Waals surface area contributed by atoms with Crippen molar-refractivity contribution in [2.24, 2.45) is 7.05 Å². The number of anilines is 1. The van der Waals surface area contributed by atoms with Gasteiger partial charge in [-0.05, 0) is 62.6 Å². The van der Waals surface area contributed by atoms with Crippen molar-refractivity contribution in [1.82, 2.24) is 24.6 Å². The molecule has 41 heavy (non-hydrogen) atoms. The molecule has 5 rings (SSSR count). The maximum Gasteiger partial charge on any atom is 0.320 e. The highest BCUT2D eigenvalue weighted by molar-refractivity contribution is 5.91. The van der Waals surface area contributed by atoms with Crippen molar-refractivity contribution in [2.75, 3.05) is 19.0 Å². The van der Waals surface area contributed by atoms with Gasteiger partial charge >= 0.3 is 6.03 Å². The number of methoxy groups -OCH3 is 1. The zero-order valence-electron chi connectivity index (χ0n) is 23.4. The smallest absolute Gasteiger partial charge is 0.320 e. The number of benzene rings is 1. The van der Waals surface area contributed by atoms with Crippen LogP contribution in [0.25, 0.3) is 16.9 Å². The van der Waals surface area contributed by atoms with Gasteiger partial charge < -0.3 is 19.4 Å². The molecule has 3 atom stereocenters. The first-order valence-electron chi connectivity index (χ1n) is 13.4. The van der Waals surface area contributed by atoms with E-state index in [4.69, 9.17) is 14.6 Å². The highest BCUT2D eigenvalue weighted by Crippen LogP contribution is 2.35. The standard InChI is InChI=1S/C30H33FN6O4/c1-18-14-21(17-36(3)29(18)38)26-19(2)28(37(35-26)22-8-6-5-7-9-22)34-30(39)33-24-16-23(11-13-40-4)41-27(24)20-10-12-32-25(31)15-20/h5-10,12,14-15,17,23-24,27H,11,13,16H2,1-4H3,(H2,33,34,39)/t23-,24-,27+/m1/s1. The van der Waals surface area contributed by atoms with E-state index < -0.39 is 24.1 Å². The van der Waals surface area contributed by atoms with E-state index in [2.05, 4.69) is 15.6 Å². The number of nitrogens with zero attached hydrogens (tertiary/aromatic N) is 4. The normalized spacial score (nSPS) is 18.4. The minimum Gasteiger partial charge on any atom is -0.385 e. The summed E-state index contributed by atoms with van der Waals surface area (Å²) in [5.74, 6) is -0.130. The molecule has 0 unspecified atom stereocenters. The van der Waals surface area contributed by atoms with E-state index in [0.717, 1.165) is 16.8 Å². The van der Waals surface area contributed by atoms with Crippen LogP contribution in [0.2, 0.25) is 0 Å². The Labute approximate surface area is 237 Å². The molecule has 214 valence electrons. The van der Waals surface area contributed by atoms with Crippen molar-refractivity contribution in [2.45, 2.75) is 44.9 Å². The summed E-state index contributed by atoms with van der Waals surface area (Å²) >= 11 is 0. The molecule has 1 aliphatic heterocycles. The fraction of sp³-hybridized carbons (Fsp3) is 0.333. The van der Waals surface area contributed by atoms with Gasteiger partial charge in [0.05, 0.1) is 23.5 Å². The molecule has 0 bridgehead atoms. The molecule has 0 aliphatic carbocycles. The van der Waals surface area contributed by atoms with Crippen molar-refractivity contribution >= 4 is 11.8 Å². The van der Waals surface area contributed by atoms with Crippen molar-refractivity contribution in [3.05, 3.63) is 93.9 Å². The Hall–Kier alpha value is -4.35. The third-order valence-corrected chi connectivity index (χ3v) is 7.25. The van der Waals surface area contributed by atoms with E-state index in [1.807, 2.05) is 37.3 Å². The van der Waals surface area contributed by atoms with E-state index in [1.54, 1.807) is 44.1 Å². The highest BCUT2D eigenvalue weighted by Gasteiger charge is 2.37. The summed E-state index contributed by atoms with van der Waals surface area (Å²) in [6, 6.07) is 13.4. The molecule has 3 aromatic heterocycles. The maximum atomic E-state index is 13.9. The number of pyridine rings is 2. The van der Waals surface area contributed by atoms with Crippen molar-refractivity contribution in [1.29, 1.82) is 0 Å². The average molecular weight is 561 g/mol. The molecule has 1 aliphatic rings. The number of aromatic nitrogens is 4. The second-order valence-corrected chi connectivity index (χ2v) is 10.2. The summed E-state index contributed by atoms with van der Waals surface area (Å²) in [7, 11) is 3.32. The van der Waals surface area contributed by atoms with E-state index in [9.17, 15) is 14.0 Å². The van der Waals surface area contributed by atoms with Crippen LogP contribution in [-0.2, 0) is 16.5 Å². The zero-order valence-corrected chi connectivity index (χ0v) is 23.4. The number of aryl methyl sites for hydroxylation is 2. The summed E-state index contributed by atoms with van der Waals surface area (Å²) in [6.45, 7) is 4.14. The summed E-state index contributed by atoms with van der Waals surface area (Å²) in [6.07, 6.45) is 3.58. The van der Waals surface area contributed by atoms with E-state index in [1.165, 1.54) is 16.8 Å². The van der Waals surface area contributed by atoms with Crippen molar-refractivity contribution in [3.8, 4) is 16.9 Å². The number of carbonyl (C=O) groups is 1. The largest absolute Gasteiger partial charge is 0.385 e. The topological polar surface area (TPSA) is 112 Å². The molecule has 0 spiro atoms. The quantitative estimate of drug-likeness (QED) is 0.308. The van der Waals surface area contributed by atoms with Crippen LogP contribution in [0, 0.1) is 19.8 Å². The number of rotatable bonds is 8. The predicted octanol–water partition coefficient (Wildman–Crippen LogP) is 4.45. The highest BCUT2D eigenvalue weighted by atomic mass is 19.1. The minimum absolute atomic E-state index is 0.0853. The van der Waals surface area contributed by atoms with Crippen LogP contribution in [0.3, 0.4) is 0 Å². The summed E-state index contributed by atoms with van der Waals surface area (Å²) in [5.41, 5.74) is 3.98. The number of carbonyl (C=O) groups excluding carboxylic acids is 1. The lowest BCUT2D eigenvalue weighted by Gasteiger charge is -2.21. The predicted molar refractivity (Wildman–Crippen MR) is 153 cm³/mol. The molecule has 4 aromatic rings. The Morgan fingerprint density at radius 2 is 1.98 bits per heavy atom. The van der Waals surface area contributed by atoms with Gasteiger partial charge in [-0.15, -0.1) is 0 Å². The van der Waals surface area contributed by atoms with Crippen LogP contribution in [0.15, 0.2) is 65.7 Å². The van der Waals surface area contributed by atoms with Gasteiger partial charge in [-0.2, -0.15) is 9.49 Å². The van der Waals surface area contributed by atoms with Crippen molar-refractivity contribution in [3.63, 3.8) is 0 Å². The molecule has 0 radical (unpaired) electrons.